The number of aromatic nitrogens is 2. The fourth-order valence-corrected chi connectivity index (χ4v) is 2.10. The first kappa shape index (κ1) is 11.1. The number of rotatable bonds is 4. The highest BCUT2D eigenvalue weighted by molar-refractivity contribution is 5.72. The number of hydrogen-bond donors (Lipinski definition) is 2. The molecule has 0 bridgehead atoms. The standard InChI is InChI=1S/C11H18N4O/c1-9(16)13-5-6-15-8-12-7-11(15)10-3-2-4-14-10/h7-8,10,14H,2-6H2,1H3,(H,13,16). The molecule has 1 fully saturated rings. The first-order valence-electron chi connectivity index (χ1n) is 5.75. The van der Waals surface area contributed by atoms with Gasteiger partial charge in [-0.15, -0.1) is 0 Å². The van der Waals surface area contributed by atoms with Crippen LogP contribution in [-0.4, -0.2) is 28.5 Å². The van der Waals surface area contributed by atoms with Crippen molar-refractivity contribution in [2.45, 2.75) is 32.4 Å². The van der Waals surface area contributed by atoms with Crippen molar-refractivity contribution in [3.63, 3.8) is 0 Å². The molecule has 1 aliphatic heterocycles. The quantitative estimate of drug-likeness (QED) is 0.777. The lowest BCUT2D eigenvalue weighted by Crippen LogP contribution is -2.26. The summed E-state index contributed by atoms with van der Waals surface area (Å²) in [7, 11) is 0. The van der Waals surface area contributed by atoms with Gasteiger partial charge < -0.3 is 15.2 Å². The molecular formula is C11H18N4O. The Morgan fingerprint density at radius 2 is 2.62 bits per heavy atom. The molecule has 2 rings (SSSR count). The molecule has 88 valence electrons. The molecule has 0 saturated carbocycles. The van der Waals surface area contributed by atoms with Crippen molar-refractivity contribution in [3.05, 3.63) is 18.2 Å². The lowest BCUT2D eigenvalue weighted by Gasteiger charge is -2.13. The fraction of sp³-hybridized carbons (Fsp3) is 0.636. The molecule has 2 N–H and O–H groups in total. The fourth-order valence-electron chi connectivity index (χ4n) is 2.10. The van der Waals surface area contributed by atoms with Gasteiger partial charge in [-0.2, -0.15) is 0 Å². The van der Waals surface area contributed by atoms with Crippen molar-refractivity contribution >= 4 is 5.91 Å². The minimum atomic E-state index is 0.0145. The predicted molar refractivity (Wildman–Crippen MR) is 60.9 cm³/mol. The van der Waals surface area contributed by atoms with Crippen molar-refractivity contribution < 1.29 is 4.79 Å². The number of carbonyl (C=O) groups excluding carboxylic acids is 1. The van der Waals surface area contributed by atoms with Crippen LogP contribution < -0.4 is 10.6 Å². The van der Waals surface area contributed by atoms with Crippen LogP contribution >= 0.6 is 0 Å². The molecule has 1 aliphatic rings. The maximum atomic E-state index is 10.8. The predicted octanol–water partition coefficient (Wildman–Crippen LogP) is 0.444. The van der Waals surface area contributed by atoms with Crippen LogP contribution in [0.2, 0.25) is 0 Å². The van der Waals surface area contributed by atoms with Crippen LogP contribution in [0.1, 0.15) is 31.5 Å². The smallest absolute Gasteiger partial charge is 0.216 e. The highest BCUT2D eigenvalue weighted by Crippen LogP contribution is 2.22. The minimum absolute atomic E-state index is 0.0145. The van der Waals surface area contributed by atoms with Crippen molar-refractivity contribution in [1.29, 1.82) is 0 Å². The Labute approximate surface area is 95.2 Å². The van der Waals surface area contributed by atoms with Crippen LogP contribution in [0, 0.1) is 0 Å². The van der Waals surface area contributed by atoms with E-state index in [0.717, 1.165) is 13.1 Å². The molecule has 5 nitrogen and oxygen atoms in total. The number of imidazole rings is 1. The molecular weight excluding hydrogens is 204 g/mol. The third kappa shape index (κ3) is 2.61. The zero-order valence-electron chi connectivity index (χ0n) is 9.57. The third-order valence-electron chi connectivity index (χ3n) is 2.89. The molecule has 2 heterocycles. The van der Waals surface area contributed by atoms with Gasteiger partial charge in [0.25, 0.3) is 0 Å². The Bertz CT molecular complexity index is 355. The summed E-state index contributed by atoms with van der Waals surface area (Å²) in [6.07, 6.45) is 6.14. The Morgan fingerprint density at radius 3 is 3.31 bits per heavy atom. The molecule has 5 heteroatoms. The van der Waals surface area contributed by atoms with E-state index in [1.807, 2.05) is 12.5 Å². The maximum Gasteiger partial charge on any atom is 0.216 e. The van der Waals surface area contributed by atoms with Gasteiger partial charge in [0, 0.05) is 32.3 Å². The van der Waals surface area contributed by atoms with Crippen molar-refractivity contribution in [3.8, 4) is 0 Å². The summed E-state index contributed by atoms with van der Waals surface area (Å²) < 4.78 is 2.11. The van der Waals surface area contributed by atoms with E-state index < -0.39 is 0 Å². The van der Waals surface area contributed by atoms with E-state index in [0.29, 0.717) is 12.6 Å². The van der Waals surface area contributed by atoms with E-state index in [9.17, 15) is 4.79 Å². The summed E-state index contributed by atoms with van der Waals surface area (Å²) in [4.78, 5) is 14.9. The van der Waals surface area contributed by atoms with Crippen molar-refractivity contribution in [2.24, 2.45) is 0 Å². The average molecular weight is 222 g/mol. The lowest BCUT2D eigenvalue weighted by atomic mass is 10.2. The maximum absolute atomic E-state index is 10.8. The highest BCUT2D eigenvalue weighted by atomic mass is 16.1. The van der Waals surface area contributed by atoms with E-state index in [-0.39, 0.29) is 5.91 Å². The average Bonchev–Trinajstić information content (AvgIpc) is 2.84. The van der Waals surface area contributed by atoms with Crippen LogP contribution in [0.3, 0.4) is 0 Å². The Hall–Kier alpha value is -1.36. The third-order valence-corrected chi connectivity index (χ3v) is 2.89. The van der Waals surface area contributed by atoms with Gasteiger partial charge in [0.15, 0.2) is 0 Å². The molecule has 1 aromatic rings. The van der Waals surface area contributed by atoms with Gasteiger partial charge >= 0.3 is 0 Å². The number of nitrogens with zero attached hydrogens (tertiary/aromatic N) is 2. The zero-order valence-corrected chi connectivity index (χ0v) is 9.57. The normalized spacial score (nSPS) is 19.9. The van der Waals surface area contributed by atoms with Crippen LogP contribution in [0.15, 0.2) is 12.5 Å². The van der Waals surface area contributed by atoms with E-state index in [1.54, 1.807) is 0 Å². The van der Waals surface area contributed by atoms with E-state index in [1.165, 1.54) is 25.5 Å². The molecule has 1 aromatic heterocycles. The number of hydrogen-bond acceptors (Lipinski definition) is 3. The molecule has 0 radical (unpaired) electrons. The number of nitrogens with one attached hydrogen (secondary N) is 2. The summed E-state index contributed by atoms with van der Waals surface area (Å²) in [6, 6.07) is 0.430. The van der Waals surface area contributed by atoms with Crippen molar-refractivity contribution in [1.82, 2.24) is 20.2 Å². The summed E-state index contributed by atoms with van der Waals surface area (Å²) in [5.74, 6) is 0.0145. The Kier molecular flexibility index (Phi) is 3.56. The van der Waals surface area contributed by atoms with Gasteiger partial charge in [0.1, 0.15) is 0 Å². The highest BCUT2D eigenvalue weighted by Gasteiger charge is 2.19. The van der Waals surface area contributed by atoms with Crippen LogP contribution in [-0.2, 0) is 11.3 Å². The zero-order chi connectivity index (χ0) is 11.4. The molecule has 16 heavy (non-hydrogen) atoms. The largest absolute Gasteiger partial charge is 0.355 e. The first-order valence-corrected chi connectivity index (χ1v) is 5.75. The lowest BCUT2D eigenvalue weighted by molar-refractivity contribution is -0.118. The first-order chi connectivity index (χ1) is 7.77. The van der Waals surface area contributed by atoms with Gasteiger partial charge in [-0.1, -0.05) is 0 Å². The van der Waals surface area contributed by atoms with Gasteiger partial charge in [-0.3, -0.25) is 4.79 Å². The SMILES string of the molecule is CC(=O)NCCn1cncc1C1CCCN1. The van der Waals surface area contributed by atoms with Crippen LogP contribution in [0.5, 0.6) is 0 Å². The van der Waals surface area contributed by atoms with Gasteiger partial charge in [-0.05, 0) is 19.4 Å². The second-order valence-corrected chi connectivity index (χ2v) is 4.14. The second kappa shape index (κ2) is 5.12. The van der Waals surface area contributed by atoms with Gasteiger partial charge in [-0.25, -0.2) is 4.98 Å². The molecule has 1 atom stereocenters. The molecule has 0 aliphatic carbocycles. The summed E-state index contributed by atoms with van der Waals surface area (Å²) in [5.41, 5.74) is 1.22. The molecule has 1 saturated heterocycles. The number of amides is 1. The summed E-state index contributed by atoms with van der Waals surface area (Å²) >= 11 is 0. The topological polar surface area (TPSA) is 59.0 Å². The van der Waals surface area contributed by atoms with Crippen molar-refractivity contribution in [2.75, 3.05) is 13.1 Å². The monoisotopic (exact) mass is 222 g/mol. The molecule has 1 amide bonds. The molecule has 1 unspecified atom stereocenters. The van der Waals surface area contributed by atoms with E-state index in [4.69, 9.17) is 0 Å². The van der Waals surface area contributed by atoms with Crippen LogP contribution in [0.4, 0.5) is 0 Å². The van der Waals surface area contributed by atoms with E-state index >= 15 is 0 Å². The van der Waals surface area contributed by atoms with Crippen LogP contribution in [0.25, 0.3) is 0 Å². The van der Waals surface area contributed by atoms with Gasteiger partial charge in [0.2, 0.25) is 5.91 Å². The molecule has 0 aromatic carbocycles. The Morgan fingerprint density at radius 1 is 1.75 bits per heavy atom. The van der Waals surface area contributed by atoms with E-state index in [2.05, 4.69) is 20.2 Å². The number of carbonyl (C=O) groups is 1. The summed E-state index contributed by atoms with van der Waals surface area (Å²) in [6.45, 7) is 4.06. The summed E-state index contributed by atoms with van der Waals surface area (Å²) in [5, 5.41) is 6.24. The Balaban J connectivity index is 1.93. The van der Waals surface area contributed by atoms with Gasteiger partial charge in [0.05, 0.1) is 12.0 Å². The minimum Gasteiger partial charge on any atom is -0.355 e. The molecule has 0 spiro atoms. The second-order valence-electron chi connectivity index (χ2n) is 4.14.